The molecule has 0 bridgehead atoms. The molecule has 0 spiro atoms. The molecule has 6 amide bonds. The molecular formula is C45H51F3N10O7. The third-order valence-corrected chi connectivity index (χ3v) is 13.8. The lowest BCUT2D eigenvalue weighted by Crippen LogP contribution is -2.54. The number of carbonyl (C=O) groups is 6. The van der Waals surface area contributed by atoms with Crippen molar-refractivity contribution < 1.29 is 46.7 Å². The van der Waals surface area contributed by atoms with Crippen LogP contribution in [0, 0.1) is 11.7 Å². The third-order valence-electron chi connectivity index (χ3n) is 13.8. The smallest absolute Gasteiger partial charge is 0.342 e. The fraction of sp³-hybridized carbons (Fsp3) is 0.511. The van der Waals surface area contributed by atoms with E-state index in [1.165, 1.54) is 31.3 Å². The Bertz CT molecular complexity index is 2430. The highest BCUT2D eigenvalue weighted by atomic mass is 19.3. The van der Waals surface area contributed by atoms with Crippen molar-refractivity contribution in [1.82, 2.24) is 30.4 Å². The number of likely N-dealkylation sites (tertiary alicyclic amines) is 1. The van der Waals surface area contributed by atoms with E-state index in [9.17, 15) is 28.8 Å². The zero-order valence-electron chi connectivity index (χ0n) is 36.2. The predicted octanol–water partition coefficient (Wildman–Crippen LogP) is 4.24. The lowest BCUT2D eigenvalue weighted by Gasteiger charge is -2.38. The van der Waals surface area contributed by atoms with E-state index in [2.05, 4.69) is 35.7 Å². The summed E-state index contributed by atoms with van der Waals surface area (Å²) in [5, 5.41) is 8.14. The Hall–Kier alpha value is -6.31. The van der Waals surface area contributed by atoms with Gasteiger partial charge < -0.3 is 35.0 Å². The van der Waals surface area contributed by atoms with Crippen LogP contribution in [-0.4, -0.2) is 133 Å². The molecule has 1 saturated carbocycles. The molecule has 0 radical (unpaired) electrons. The molecule has 1 aromatic heterocycles. The number of amides is 6. The largest absolute Gasteiger partial charge is 0.495 e. The molecule has 1 unspecified atom stereocenters. The van der Waals surface area contributed by atoms with Gasteiger partial charge in [0.05, 0.1) is 47.9 Å². The molecule has 3 N–H and O–H groups in total. The van der Waals surface area contributed by atoms with Crippen LogP contribution < -0.4 is 35.4 Å². The van der Waals surface area contributed by atoms with Crippen LogP contribution in [-0.2, 0) is 14.4 Å². The van der Waals surface area contributed by atoms with Crippen molar-refractivity contribution in [2.24, 2.45) is 5.92 Å². The van der Waals surface area contributed by atoms with Crippen molar-refractivity contribution in [3.05, 3.63) is 59.0 Å². The van der Waals surface area contributed by atoms with Crippen LogP contribution in [0.2, 0.25) is 0 Å². The molecule has 2 aromatic carbocycles. The predicted molar refractivity (Wildman–Crippen MR) is 231 cm³/mol. The molecule has 1 aliphatic carbocycles. The Morgan fingerprint density at radius 2 is 1.68 bits per heavy atom. The normalized spacial score (nSPS) is 22.2. The van der Waals surface area contributed by atoms with Gasteiger partial charge in [0.25, 0.3) is 23.6 Å². The molecular weight excluding hydrogens is 850 g/mol. The number of aromatic nitrogens is 2. The Balaban J connectivity index is 0.784. The Morgan fingerprint density at radius 3 is 2.38 bits per heavy atom. The number of nitrogens with zero attached hydrogens (tertiary/aromatic N) is 7. The number of alkyl halides is 2. The second-order valence-electron chi connectivity index (χ2n) is 17.8. The fourth-order valence-electron chi connectivity index (χ4n) is 10.2. The Morgan fingerprint density at radius 1 is 0.938 bits per heavy atom. The summed E-state index contributed by atoms with van der Waals surface area (Å²) in [5.41, 5.74) is 1.26. The minimum atomic E-state index is -3.64. The number of ether oxygens (including phenoxy) is 1. The summed E-state index contributed by atoms with van der Waals surface area (Å²) in [6, 6.07) is 6.14. The molecule has 6 heterocycles. The summed E-state index contributed by atoms with van der Waals surface area (Å²) in [6.45, 7) is 2.86. The molecule has 20 heteroatoms. The van der Waals surface area contributed by atoms with E-state index in [0.717, 1.165) is 61.2 Å². The van der Waals surface area contributed by atoms with E-state index in [-0.39, 0.29) is 64.9 Å². The van der Waals surface area contributed by atoms with E-state index in [1.54, 1.807) is 12.1 Å². The number of piperidine rings is 3. The number of rotatable bonds is 10. The van der Waals surface area contributed by atoms with Gasteiger partial charge in [-0.15, -0.1) is 0 Å². The van der Waals surface area contributed by atoms with E-state index in [1.807, 2.05) is 6.07 Å². The zero-order valence-corrected chi connectivity index (χ0v) is 36.2. The van der Waals surface area contributed by atoms with Crippen molar-refractivity contribution in [3.8, 4) is 5.75 Å². The second kappa shape index (κ2) is 17.6. The van der Waals surface area contributed by atoms with Gasteiger partial charge in [-0.25, -0.2) is 9.37 Å². The van der Waals surface area contributed by atoms with Crippen molar-refractivity contribution >= 4 is 64.3 Å². The van der Waals surface area contributed by atoms with E-state index in [0.29, 0.717) is 55.9 Å². The molecule has 3 saturated heterocycles. The highest BCUT2D eigenvalue weighted by Crippen LogP contribution is 2.41. The lowest BCUT2D eigenvalue weighted by atomic mass is 9.93. The average molecular weight is 901 g/mol. The maximum absolute atomic E-state index is 15.7. The highest BCUT2D eigenvalue weighted by molar-refractivity contribution is 6.25. The summed E-state index contributed by atoms with van der Waals surface area (Å²) in [6.07, 6.45) is 7.58. The molecule has 1 atom stereocenters. The van der Waals surface area contributed by atoms with Crippen LogP contribution in [0.3, 0.4) is 0 Å². The number of imide groups is 2. The summed E-state index contributed by atoms with van der Waals surface area (Å²) in [7, 11) is 2.64. The molecule has 17 nitrogen and oxygen atoms in total. The van der Waals surface area contributed by atoms with E-state index >= 15 is 13.2 Å². The van der Waals surface area contributed by atoms with Crippen LogP contribution in [0.1, 0.15) is 95.3 Å². The standard InChI is InChI=1S/C45H51F3N10O7/c1-54-34-22-49-44(53-38(34)57(27-6-3-4-7-27)24-45(47,48)43(54)64)51-31-21-30(46)29(20-35(31)65-2)39(60)50-26-14-16-55(17-15-26)23-25-12-18-56(19-13-25)32-9-5-8-28-37(32)42(63)58(41(28)62)33-10-11-36(59)52-40(33)61/h5,8-9,20-22,25-27,33H,3-4,6-7,10-19,23-24H2,1-2H3,(H,50,60)(H,49,51,53)(H,52,59,61). The first-order valence-corrected chi connectivity index (χ1v) is 22.3. The molecule has 344 valence electrons. The summed E-state index contributed by atoms with van der Waals surface area (Å²) < 4.78 is 51.4. The second-order valence-corrected chi connectivity index (χ2v) is 17.8. The molecule has 9 rings (SSSR count). The molecule has 6 aliphatic rings. The van der Waals surface area contributed by atoms with Crippen molar-refractivity contribution in [3.63, 3.8) is 0 Å². The molecule has 3 aromatic rings. The van der Waals surface area contributed by atoms with Gasteiger partial charge in [0, 0.05) is 64.3 Å². The van der Waals surface area contributed by atoms with Crippen LogP contribution in [0.4, 0.5) is 42.0 Å². The number of benzene rings is 2. The minimum absolute atomic E-state index is 0.0290. The first-order valence-electron chi connectivity index (χ1n) is 22.3. The van der Waals surface area contributed by atoms with Gasteiger partial charge in [-0.05, 0) is 69.1 Å². The molecule has 5 aliphatic heterocycles. The van der Waals surface area contributed by atoms with E-state index < -0.39 is 59.8 Å². The van der Waals surface area contributed by atoms with Crippen LogP contribution in [0.25, 0.3) is 0 Å². The summed E-state index contributed by atoms with van der Waals surface area (Å²) >= 11 is 0. The van der Waals surface area contributed by atoms with Gasteiger partial charge in [-0.1, -0.05) is 18.9 Å². The van der Waals surface area contributed by atoms with Crippen LogP contribution in [0.15, 0.2) is 36.5 Å². The zero-order chi connectivity index (χ0) is 45.7. The van der Waals surface area contributed by atoms with Crippen molar-refractivity contribution in [2.45, 2.75) is 88.3 Å². The van der Waals surface area contributed by atoms with Crippen molar-refractivity contribution in [2.75, 3.05) is 73.4 Å². The monoisotopic (exact) mass is 900 g/mol. The highest BCUT2D eigenvalue weighted by Gasteiger charge is 2.49. The number of hydrogen-bond donors (Lipinski definition) is 3. The topological polar surface area (TPSA) is 190 Å². The fourth-order valence-corrected chi connectivity index (χ4v) is 10.2. The number of hydrogen-bond acceptors (Lipinski definition) is 13. The van der Waals surface area contributed by atoms with Gasteiger partial charge in [-0.3, -0.25) is 39.0 Å². The number of methoxy groups -OCH3 is 1. The number of carbonyl (C=O) groups excluding carboxylic acids is 6. The lowest BCUT2D eigenvalue weighted by molar-refractivity contribution is -0.140. The summed E-state index contributed by atoms with van der Waals surface area (Å²) in [5.74, 6) is -7.84. The van der Waals surface area contributed by atoms with E-state index in [4.69, 9.17) is 4.74 Å². The summed E-state index contributed by atoms with van der Waals surface area (Å²) in [4.78, 5) is 94.1. The van der Waals surface area contributed by atoms with Crippen LogP contribution >= 0.6 is 0 Å². The van der Waals surface area contributed by atoms with Crippen molar-refractivity contribution in [1.29, 1.82) is 0 Å². The SMILES string of the molecule is COc1cc(C(=O)NC2CCN(CC3CCN(c4cccc5c4C(=O)N(C4CCC(=O)NC4=O)C5=O)CC3)CC2)c(F)cc1Nc1ncc2c(n1)N(C1CCCC1)CC(F)(F)C(=O)N2C. The third kappa shape index (κ3) is 8.43. The number of anilines is 5. The van der Waals surface area contributed by atoms with Gasteiger partial charge in [0.2, 0.25) is 17.8 Å². The first-order chi connectivity index (χ1) is 31.2. The minimum Gasteiger partial charge on any atom is -0.495 e. The Kier molecular flexibility index (Phi) is 11.9. The Labute approximate surface area is 373 Å². The quantitative estimate of drug-likeness (QED) is 0.246. The number of nitrogens with one attached hydrogen (secondary N) is 3. The maximum Gasteiger partial charge on any atom is 0.342 e. The van der Waals surface area contributed by atoms with Gasteiger partial charge >= 0.3 is 5.92 Å². The number of fused-ring (bicyclic) bond motifs is 2. The van der Waals surface area contributed by atoms with Crippen LogP contribution in [0.5, 0.6) is 5.75 Å². The maximum atomic E-state index is 15.7. The van der Waals surface area contributed by atoms with Gasteiger partial charge in [-0.2, -0.15) is 13.8 Å². The van der Waals surface area contributed by atoms with Gasteiger partial charge in [0.1, 0.15) is 23.3 Å². The average Bonchev–Trinajstić information content (AvgIpc) is 3.91. The molecule has 65 heavy (non-hydrogen) atoms. The van der Waals surface area contributed by atoms with Gasteiger partial charge in [0.15, 0.2) is 5.82 Å². The number of halogens is 3. The molecule has 4 fully saturated rings. The first kappa shape index (κ1) is 43.9.